The van der Waals surface area contributed by atoms with E-state index in [4.69, 9.17) is 23.2 Å². The molecule has 4 N–H and O–H groups in total. The molecule has 4 aromatic carbocycles. The Bertz CT molecular complexity index is 1280. The lowest BCUT2D eigenvalue weighted by Gasteiger charge is -2.41. The van der Waals surface area contributed by atoms with Crippen LogP contribution in [0.4, 0.5) is 0 Å². The van der Waals surface area contributed by atoms with Crippen molar-refractivity contribution in [2.45, 2.75) is 12.5 Å². The molecule has 0 bridgehead atoms. The fourth-order valence-corrected chi connectivity index (χ4v) is 4.40. The molecule has 170 valence electrons. The first-order valence-corrected chi connectivity index (χ1v) is 11.2. The number of hydrazine groups is 1. The highest BCUT2D eigenvalue weighted by atomic mass is 35.5. The molecule has 0 saturated heterocycles. The Morgan fingerprint density at radius 3 is 1.88 bits per heavy atom. The summed E-state index contributed by atoms with van der Waals surface area (Å²) in [4.78, 5) is 11.9. The average molecular weight is 469 g/mol. The highest BCUT2D eigenvalue weighted by Gasteiger charge is 2.43. The van der Waals surface area contributed by atoms with Crippen LogP contribution in [0.2, 0.25) is 5.02 Å². The van der Waals surface area contributed by atoms with Crippen molar-refractivity contribution < 1.29 is 4.79 Å². The molecule has 0 aliphatic rings. The first kappa shape index (κ1) is 23.2. The standard InChI is InChI=1S/C28H25ClN4O/c1-20(34)21-11-10-12-22(19-21)27(30)32-33(31)28(23-13-4-2-5-14-23,24-15-6-3-7-16-24)25-17-8-9-18-26(25)29/h2-19H,31H2,1H3,(H2,30,32). The maximum atomic E-state index is 11.9. The van der Waals surface area contributed by atoms with Gasteiger partial charge in [0.1, 0.15) is 0 Å². The zero-order valence-electron chi connectivity index (χ0n) is 18.7. The van der Waals surface area contributed by atoms with Gasteiger partial charge in [-0.2, -0.15) is 0 Å². The number of carbonyl (C=O) groups is 1. The highest BCUT2D eigenvalue weighted by molar-refractivity contribution is 6.31. The molecule has 0 aliphatic heterocycles. The van der Waals surface area contributed by atoms with E-state index >= 15 is 0 Å². The molecular formula is C28H25ClN4O. The molecule has 34 heavy (non-hydrogen) atoms. The Morgan fingerprint density at radius 1 is 0.794 bits per heavy atom. The van der Waals surface area contributed by atoms with Crippen LogP contribution in [0.25, 0.3) is 0 Å². The van der Waals surface area contributed by atoms with Crippen LogP contribution in [0, 0.1) is 0 Å². The molecule has 0 unspecified atom stereocenters. The molecular weight excluding hydrogens is 444 g/mol. The number of hydrogen-bond acceptors (Lipinski definition) is 4. The highest BCUT2D eigenvalue weighted by Crippen LogP contribution is 2.43. The van der Waals surface area contributed by atoms with Crippen LogP contribution in [-0.2, 0) is 5.54 Å². The third kappa shape index (κ3) is 4.31. The minimum Gasteiger partial charge on any atom is -0.382 e. The second-order valence-electron chi connectivity index (χ2n) is 7.89. The van der Waals surface area contributed by atoms with E-state index in [0.717, 1.165) is 16.7 Å². The number of Topliss-reactive ketones (excluding diaryl/α,β-unsaturated/α-hetero) is 1. The SMILES string of the molecule is CC(=O)c1cccc(/C(N)=N/N(N)C(c2ccccc2)(c2ccccc2)c2ccccc2Cl)c1. The first-order chi connectivity index (χ1) is 16.4. The van der Waals surface area contributed by atoms with E-state index in [0.29, 0.717) is 16.1 Å². The van der Waals surface area contributed by atoms with Gasteiger partial charge in [-0.15, -0.1) is 5.10 Å². The smallest absolute Gasteiger partial charge is 0.159 e. The lowest BCUT2D eigenvalue weighted by Crippen LogP contribution is -2.50. The Morgan fingerprint density at radius 2 is 1.32 bits per heavy atom. The van der Waals surface area contributed by atoms with E-state index in [1.807, 2.05) is 84.9 Å². The number of hydrazone groups is 1. The molecule has 4 rings (SSSR count). The van der Waals surface area contributed by atoms with E-state index in [1.54, 1.807) is 24.3 Å². The fraction of sp³-hybridized carbons (Fsp3) is 0.0714. The second-order valence-corrected chi connectivity index (χ2v) is 8.30. The normalized spacial score (nSPS) is 11.8. The molecule has 5 nitrogen and oxygen atoms in total. The molecule has 0 heterocycles. The van der Waals surface area contributed by atoms with E-state index < -0.39 is 5.54 Å². The quantitative estimate of drug-likeness (QED) is 0.0958. The minimum absolute atomic E-state index is 0.0572. The van der Waals surface area contributed by atoms with Crippen molar-refractivity contribution in [2.75, 3.05) is 0 Å². The van der Waals surface area contributed by atoms with Gasteiger partial charge in [-0.05, 0) is 30.2 Å². The predicted octanol–water partition coefficient (Wildman–Crippen LogP) is 5.33. The van der Waals surface area contributed by atoms with Gasteiger partial charge in [0.05, 0.1) is 0 Å². The van der Waals surface area contributed by atoms with Crippen LogP contribution in [0.1, 0.15) is 39.5 Å². The van der Waals surface area contributed by atoms with Gasteiger partial charge in [0.25, 0.3) is 0 Å². The van der Waals surface area contributed by atoms with E-state index in [-0.39, 0.29) is 11.6 Å². The Kier molecular flexibility index (Phi) is 6.77. The average Bonchev–Trinajstić information content (AvgIpc) is 2.87. The van der Waals surface area contributed by atoms with Gasteiger partial charge >= 0.3 is 0 Å². The van der Waals surface area contributed by atoms with Crippen molar-refractivity contribution >= 4 is 23.2 Å². The van der Waals surface area contributed by atoms with Crippen LogP contribution in [-0.4, -0.2) is 16.7 Å². The molecule has 0 fully saturated rings. The summed E-state index contributed by atoms with van der Waals surface area (Å²) in [7, 11) is 0. The summed E-state index contributed by atoms with van der Waals surface area (Å²) in [5.74, 6) is 6.91. The maximum Gasteiger partial charge on any atom is 0.159 e. The summed E-state index contributed by atoms with van der Waals surface area (Å²) >= 11 is 6.76. The van der Waals surface area contributed by atoms with Gasteiger partial charge in [-0.1, -0.05) is 109 Å². The van der Waals surface area contributed by atoms with Crippen molar-refractivity contribution in [3.8, 4) is 0 Å². The van der Waals surface area contributed by atoms with Crippen LogP contribution in [0.15, 0.2) is 114 Å². The largest absolute Gasteiger partial charge is 0.382 e. The zero-order valence-corrected chi connectivity index (χ0v) is 19.5. The number of benzene rings is 4. The Hall–Kier alpha value is -3.93. The number of halogens is 1. The van der Waals surface area contributed by atoms with Crippen molar-refractivity contribution in [1.82, 2.24) is 5.12 Å². The van der Waals surface area contributed by atoms with Gasteiger partial charge in [0.2, 0.25) is 0 Å². The fourth-order valence-electron chi connectivity index (χ4n) is 4.13. The van der Waals surface area contributed by atoms with Crippen molar-refractivity contribution in [3.63, 3.8) is 0 Å². The summed E-state index contributed by atoms with van der Waals surface area (Å²) in [6.45, 7) is 1.51. The number of rotatable bonds is 7. The van der Waals surface area contributed by atoms with E-state index in [9.17, 15) is 4.79 Å². The summed E-state index contributed by atoms with van der Waals surface area (Å²) in [6.07, 6.45) is 0. The molecule has 0 radical (unpaired) electrons. The molecule has 0 amide bonds. The summed E-state index contributed by atoms with van der Waals surface area (Å²) < 4.78 is 0. The predicted molar refractivity (Wildman–Crippen MR) is 137 cm³/mol. The molecule has 0 spiro atoms. The summed E-state index contributed by atoms with van der Waals surface area (Å²) in [5.41, 5.74) is 8.97. The van der Waals surface area contributed by atoms with Crippen molar-refractivity contribution in [3.05, 3.63) is 142 Å². The van der Waals surface area contributed by atoms with Crippen LogP contribution < -0.4 is 11.6 Å². The van der Waals surface area contributed by atoms with Crippen molar-refractivity contribution in [1.29, 1.82) is 0 Å². The lowest BCUT2D eigenvalue weighted by molar-refractivity contribution is 0.101. The summed E-state index contributed by atoms with van der Waals surface area (Å²) in [6, 6.07) is 34.2. The maximum absolute atomic E-state index is 11.9. The second kappa shape index (κ2) is 9.91. The Balaban J connectivity index is 1.98. The third-order valence-electron chi connectivity index (χ3n) is 5.77. The lowest BCUT2D eigenvalue weighted by atomic mass is 9.77. The zero-order chi connectivity index (χ0) is 24.1. The molecule has 0 atom stereocenters. The van der Waals surface area contributed by atoms with Crippen LogP contribution >= 0.6 is 11.6 Å². The Labute approximate surface area is 204 Å². The molecule has 0 aromatic heterocycles. The number of nitrogens with two attached hydrogens (primary N) is 2. The van der Waals surface area contributed by atoms with Gasteiger partial charge in [0, 0.05) is 21.7 Å². The molecule has 6 heteroatoms. The number of nitrogens with zero attached hydrogens (tertiary/aromatic N) is 2. The molecule has 0 saturated carbocycles. The first-order valence-electron chi connectivity index (χ1n) is 10.8. The van der Waals surface area contributed by atoms with Crippen LogP contribution in [0.5, 0.6) is 0 Å². The number of hydrogen-bond donors (Lipinski definition) is 2. The van der Waals surface area contributed by atoms with Gasteiger partial charge in [0.15, 0.2) is 17.2 Å². The number of carbonyl (C=O) groups excluding carboxylic acids is 1. The van der Waals surface area contributed by atoms with Crippen molar-refractivity contribution in [2.24, 2.45) is 16.7 Å². The third-order valence-corrected chi connectivity index (χ3v) is 6.10. The number of amidine groups is 1. The molecule has 0 aliphatic carbocycles. The van der Waals surface area contributed by atoms with Gasteiger partial charge in [-0.3, -0.25) is 4.79 Å². The monoisotopic (exact) mass is 468 g/mol. The summed E-state index contributed by atoms with van der Waals surface area (Å²) in [5, 5.41) is 6.52. The van der Waals surface area contributed by atoms with E-state index in [1.165, 1.54) is 12.0 Å². The molecule has 4 aromatic rings. The topological polar surface area (TPSA) is 84.7 Å². The van der Waals surface area contributed by atoms with Gasteiger partial charge in [-0.25, -0.2) is 11.0 Å². The van der Waals surface area contributed by atoms with Gasteiger partial charge < -0.3 is 5.73 Å². The van der Waals surface area contributed by atoms with Crippen LogP contribution in [0.3, 0.4) is 0 Å². The number of ketones is 1. The minimum atomic E-state index is -1.08. The van der Waals surface area contributed by atoms with E-state index in [2.05, 4.69) is 5.10 Å².